The molecule has 1 unspecified atom stereocenters. The molecule has 10 heteroatoms. The van der Waals surface area contributed by atoms with Gasteiger partial charge in [-0.2, -0.15) is 0 Å². The summed E-state index contributed by atoms with van der Waals surface area (Å²) in [6.45, 7) is 8.60. The Labute approximate surface area is 359 Å². The van der Waals surface area contributed by atoms with Crippen LogP contribution in [0.2, 0.25) is 0 Å². The summed E-state index contributed by atoms with van der Waals surface area (Å²) in [6.07, 6.45) is -1.22. The zero-order chi connectivity index (χ0) is 28.9. The van der Waals surface area contributed by atoms with E-state index in [2.05, 4.69) is 13.8 Å². The van der Waals surface area contributed by atoms with Gasteiger partial charge in [0, 0.05) is 18.4 Å². The average molecular weight is 800 g/mol. The molecule has 0 bridgehead atoms. The van der Waals surface area contributed by atoms with E-state index in [1.165, 1.54) is 0 Å². The van der Waals surface area contributed by atoms with Gasteiger partial charge in [-0.3, -0.25) is 9.59 Å². The summed E-state index contributed by atoms with van der Waals surface area (Å²) < 4.78 is 12.1. The minimum Gasteiger partial charge on any atom is -0.652 e. The maximum Gasteiger partial charge on any atom is 1.00 e. The Hall–Kier alpha value is -0.226. The third kappa shape index (κ3) is 15.4. The summed E-state index contributed by atoms with van der Waals surface area (Å²) in [5.41, 5.74) is 4.33. The van der Waals surface area contributed by atoms with Crippen molar-refractivity contribution < 1.29 is 177 Å². The molecule has 8 nitrogen and oxygen atoms in total. The van der Waals surface area contributed by atoms with Crippen molar-refractivity contribution in [2.75, 3.05) is 6.61 Å². The summed E-state index contributed by atoms with van der Waals surface area (Å²) in [6, 6.07) is 20.8. The zero-order valence-corrected chi connectivity index (χ0v) is 37.2. The summed E-state index contributed by atoms with van der Waals surface area (Å²) in [4.78, 5) is 32.4. The van der Waals surface area contributed by atoms with E-state index in [1.54, 1.807) is 0 Å². The first-order valence-electron chi connectivity index (χ1n) is 12.7. The van der Waals surface area contributed by atoms with E-state index in [0.29, 0.717) is 42.2 Å². The van der Waals surface area contributed by atoms with E-state index in [1.807, 2.05) is 80.6 Å². The molecular weight excluding hydrogens is 766 g/mol. The van der Waals surface area contributed by atoms with Crippen molar-refractivity contribution >= 4 is 17.9 Å². The van der Waals surface area contributed by atoms with Crippen molar-refractivity contribution in [3.8, 4) is 11.5 Å². The molecule has 3 aromatic carbocycles. The molecule has 1 atom stereocenters. The fraction of sp³-hybridized carbons (Fsp3) is 0.323. The molecule has 0 aliphatic heterocycles. The Morgan fingerprint density at radius 1 is 0.902 bits per heavy atom. The number of carboxylic acids is 1. The SMILES string of the molecule is Cc1cc(OCCC(C)Oc2ccc(C(C)C)cc2C(=O)c2ccccc2)ccc1CCC(=O)O.O=C([O-])[O-].[Cs+].[Cs+]. The van der Waals surface area contributed by atoms with Crippen molar-refractivity contribution in [2.45, 2.75) is 59.0 Å². The molecule has 41 heavy (non-hydrogen) atoms. The first-order chi connectivity index (χ1) is 18.5. The Bertz CT molecular complexity index is 1260. The van der Waals surface area contributed by atoms with E-state index in [4.69, 9.17) is 29.6 Å². The molecule has 0 radical (unpaired) electrons. The fourth-order valence-electron chi connectivity index (χ4n) is 3.83. The van der Waals surface area contributed by atoms with Gasteiger partial charge in [0.05, 0.1) is 18.3 Å². The van der Waals surface area contributed by atoms with Crippen LogP contribution in [0.3, 0.4) is 0 Å². The van der Waals surface area contributed by atoms with Crippen LogP contribution in [0.5, 0.6) is 11.5 Å². The molecule has 0 aliphatic rings. The van der Waals surface area contributed by atoms with Crippen LogP contribution in [0.25, 0.3) is 0 Å². The molecule has 0 saturated carbocycles. The minimum absolute atomic E-state index is 0. The van der Waals surface area contributed by atoms with Crippen molar-refractivity contribution in [3.63, 3.8) is 0 Å². The molecule has 0 amide bonds. The van der Waals surface area contributed by atoms with Crippen LogP contribution in [0.4, 0.5) is 4.79 Å². The van der Waals surface area contributed by atoms with Gasteiger partial charge in [-0.15, -0.1) is 0 Å². The summed E-state index contributed by atoms with van der Waals surface area (Å²) in [7, 11) is 0. The van der Waals surface area contributed by atoms with Crippen molar-refractivity contribution in [3.05, 3.63) is 94.5 Å². The van der Waals surface area contributed by atoms with Crippen molar-refractivity contribution in [1.82, 2.24) is 0 Å². The maximum absolute atomic E-state index is 13.2. The Morgan fingerprint density at radius 2 is 1.54 bits per heavy atom. The quantitative estimate of drug-likeness (QED) is 0.212. The minimum atomic E-state index is -2.33. The molecule has 0 saturated heterocycles. The summed E-state index contributed by atoms with van der Waals surface area (Å²) in [5, 5.41) is 25.5. The second-order valence-corrected chi connectivity index (χ2v) is 9.40. The monoisotopic (exact) mass is 800 g/mol. The summed E-state index contributed by atoms with van der Waals surface area (Å²) >= 11 is 0. The Morgan fingerprint density at radius 3 is 2.10 bits per heavy atom. The van der Waals surface area contributed by atoms with Gasteiger partial charge in [-0.25, -0.2) is 0 Å². The molecule has 208 valence electrons. The van der Waals surface area contributed by atoms with Crippen molar-refractivity contribution in [2.24, 2.45) is 0 Å². The maximum atomic E-state index is 13.2. The number of carboxylic acid groups (broad SMARTS) is 3. The average Bonchev–Trinajstić information content (AvgIpc) is 2.88. The number of hydrogen-bond acceptors (Lipinski definition) is 7. The zero-order valence-electron chi connectivity index (χ0n) is 24.6. The fourth-order valence-corrected chi connectivity index (χ4v) is 3.83. The molecule has 3 rings (SSSR count). The second-order valence-electron chi connectivity index (χ2n) is 9.40. The third-order valence-corrected chi connectivity index (χ3v) is 5.99. The van der Waals surface area contributed by atoms with Gasteiger partial charge in [-0.05, 0) is 73.3 Å². The number of ketones is 1. The van der Waals surface area contributed by atoms with Crippen LogP contribution in [-0.2, 0) is 11.2 Å². The molecular formula is C31H34Cs2O8. The molecule has 0 aromatic heterocycles. The number of carbonyl (C=O) groups is 3. The molecule has 0 aliphatic carbocycles. The third-order valence-electron chi connectivity index (χ3n) is 5.99. The topological polar surface area (TPSA) is 136 Å². The number of aryl methyl sites for hydroxylation is 2. The number of carbonyl (C=O) groups excluding carboxylic acids is 2. The van der Waals surface area contributed by atoms with Crippen LogP contribution in [0, 0.1) is 6.92 Å². The van der Waals surface area contributed by atoms with E-state index >= 15 is 0 Å². The normalized spacial score (nSPS) is 10.7. The van der Waals surface area contributed by atoms with Gasteiger partial charge >= 0.3 is 144 Å². The standard InChI is InChI=1S/C30H34O5.CH2O3.2Cs/c1-20(2)25-11-14-28(27(19-25)30(33)24-8-6-5-7-9-24)35-22(4)16-17-34-26-13-10-23(21(3)18-26)12-15-29(31)32;2-1(3)4;;/h5-11,13-14,18-20,22H,12,15-17H2,1-4H3,(H,31,32);(H2,2,3,4);;/q;;2*+1/p-2. The van der Waals surface area contributed by atoms with Crippen LogP contribution in [0.1, 0.15) is 72.1 Å². The van der Waals surface area contributed by atoms with Crippen LogP contribution in [0.15, 0.2) is 66.7 Å². The molecule has 0 fully saturated rings. The molecule has 3 aromatic rings. The summed E-state index contributed by atoms with van der Waals surface area (Å²) in [5.74, 6) is 0.775. The van der Waals surface area contributed by atoms with Gasteiger partial charge in [-0.1, -0.05) is 56.3 Å². The van der Waals surface area contributed by atoms with E-state index in [0.717, 1.165) is 22.4 Å². The molecule has 1 N–H and O–H groups in total. The number of benzene rings is 3. The first-order valence-corrected chi connectivity index (χ1v) is 12.7. The van der Waals surface area contributed by atoms with Gasteiger partial charge in [0.1, 0.15) is 11.5 Å². The number of hydrogen-bond donors (Lipinski definition) is 1. The predicted molar refractivity (Wildman–Crippen MR) is 143 cm³/mol. The van der Waals surface area contributed by atoms with Crippen LogP contribution in [-0.4, -0.2) is 35.7 Å². The van der Waals surface area contributed by atoms with Crippen molar-refractivity contribution in [1.29, 1.82) is 0 Å². The van der Waals surface area contributed by atoms with Gasteiger partial charge in [0.2, 0.25) is 0 Å². The van der Waals surface area contributed by atoms with Gasteiger partial charge < -0.3 is 29.6 Å². The predicted octanol–water partition coefficient (Wildman–Crippen LogP) is -1.84. The molecule has 0 heterocycles. The molecule has 0 spiro atoms. The van der Waals surface area contributed by atoms with Crippen LogP contribution < -0.4 is 157 Å². The largest absolute Gasteiger partial charge is 1.00 e. The van der Waals surface area contributed by atoms with Crippen LogP contribution >= 0.6 is 0 Å². The number of aliphatic carboxylic acids is 1. The Kier molecular flexibility index (Phi) is 21.4. The van der Waals surface area contributed by atoms with Gasteiger partial charge in [0.25, 0.3) is 0 Å². The smallest absolute Gasteiger partial charge is 0.652 e. The second kappa shape index (κ2) is 21.5. The first kappa shape index (κ1) is 40.8. The number of rotatable bonds is 12. The van der Waals surface area contributed by atoms with E-state index in [-0.39, 0.29) is 156 Å². The Balaban J connectivity index is 0.00000250. The van der Waals surface area contributed by atoms with E-state index in [9.17, 15) is 9.59 Å². The number of ether oxygens (including phenoxy) is 2. The van der Waals surface area contributed by atoms with E-state index < -0.39 is 12.1 Å². The van der Waals surface area contributed by atoms with Gasteiger partial charge in [0.15, 0.2) is 5.78 Å².